The first-order valence-corrected chi connectivity index (χ1v) is 7.73. The van der Waals surface area contributed by atoms with Gasteiger partial charge in [-0.25, -0.2) is 0 Å². The van der Waals surface area contributed by atoms with Crippen LogP contribution in [-0.4, -0.2) is 46.7 Å². The van der Waals surface area contributed by atoms with Crippen LogP contribution < -0.4 is 5.32 Å². The second-order valence-corrected chi connectivity index (χ2v) is 6.23. The number of hydrogen-bond donors (Lipinski definition) is 2. The number of aryl methyl sites for hydroxylation is 1. The van der Waals surface area contributed by atoms with Crippen LogP contribution in [0.1, 0.15) is 37.1 Å². The van der Waals surface area contributed by atoms with Gasteiger partial charge in [0.15, 0.2) is 0 Å². The molecule has 0 unspecified atom stereocenters. The standard InChI is InChI=1S/C15H24N4O.ClH/c1-11-8-14(18-17-11)9-15(20)19-6-4-13(5-7-19)16-10-12-2-3-12;/h8,12-13,16H,2-7,9-10H2,1H3,(H,17,18);1H. The number of halogens is 1. The van der Waals surface area contributed by atoms with Crippen LogP contribution in [0.15, 0.2) is 6.07 Å². The Bertz CT molecular complexity index is 464. The lowest BCUT2D eigenvalue weighted by Crippen LogP contribution is -2.45. The predicted molar refractivity (Wildman–Crippen MR) is 84.6 cm³/mol. The zero-order valence-corrected chi connectivity index (χ0v) is 13.4. The molecule has 1 aromatic heterocycles. The molecular weight excluding hydrogens is 288 g/mol. The van der Waals surface area contributed by atoms with Gasteiger partial charge in [0.2, 0.25) is 5.91 Å². The van der Waals surface area contributed by atoms with E-state index < -0.39 is 0 Å². The molecule has 0 spiro atoms. The number of aromatic amines is 1. The Morgan fingerprint density at radius 2 is 2.10 bits per heavy atom. The maximum Gasteiger partial charge on any atom is 0.228 e. The molecule has 1 aliphatic heterocycles. The smallest absolute Gasteiger partial charge is 0.228 e. The molecule has 1 amide bonds. The van der Waals surface area contributed by atoms with Gasteiger partial charge in [0, 0.05) is 24.8 Å². The van der Waals surface area contributed by atoms with Crippen LogP contribution in [0.3, 0.4) is 0 Å². The van der Waals surface area contributed by atoms with Crippen molar-refractivity contribution in [2.75, 3.05) is 19.6 Å². The van der Waals surface area contributed by atoms with E-state index in [9.17, 15) is 4.79 Å². The van der Waals surface area contributed by atoms with Crippen molar-refractivity contribution in [2.45, 2.75) is 45.1 Å². The number of likely N-dealkylation sites (tertiary alicyclic amines) is 1. The molecule has 1 saturated heterocycles. The van der Waals surface area contributed by atoms with Crippen molar-refractivity contribution in [3.8, 4) is 0 Å². The molecular formula is C15H25ClN4O. The summed E-state index contributed by atoms with van der Waals surface area (Å²) >= 11 is 0. The van der Waals surface area contributed by atoms with Gasteiger partial charge in [-0.1, -0.05) is 0 Å². The van der Waals surface area contributed by atoms with E-state index >= 15 is 0 Å². The third-order valence-electron chi connectivity index (χ3n) is 4.33. The van der Waals surface area contributed by atoms with E-state index in [0.717, 1.165) is 43.2 Å². The number of hydrogen-bond acceptors (Lipinski definition) is 3. The molecule has 3 rings (SSSR count). The lowest BCUT2D eigenvalue weighted by Gasteiger charge is -2.32. The summed E-state index contributed by atoms with van der Waals surface area (Å²) in [6.07, 6.45) is 5.38. The minimum atomic E-state index is 0. The maximum absolute atomic E-state index is 12.2. The van der Waals surface area contributed by atoms with Gasteiger partial charge in [-0.05, 0) is 51.1 Å². The fourth-order valence-electron chi connectivity index (χ4n) is 2.82. The molecule has 6 heteroatoms. The van der Waals surface area contributed by atoms with Crippen molar-refractivity contribution in [2.24, 2.45) is 5.92 Å². The quantitative estimate of drug-likeness (QED) is 0.869. The van der Waals surface area contributed by atoms with Crippen LogP contribution in [0, 0.1) is 12.8 Å². The molecule has 118 valence electrons. The summed E-state index contributed by atoms with van der Waals surface area (Å²) in [7, 11) is 0. The fraction of sp³-hybridized carbons (Fsp3) is 0.733. The lowest BCUT2D eigenvalue weighted by atomic mass is 10.0. The number of rotatable bonds is 5. The van der Waals surface area contributed by atoms with E-state index in [4.69, 9.17) is 0 Å². The molecule has 2 N–H and O–H groups in total. The number of amides is 1. The SMILES string of the molecule is Cc1cc(CC(=O)N2CCC(NCC3CC3)CC2)n[nH]1.Cl. The fourth-order valence-corrected chi connectivity index (χ4v) is 2.82. The molecule has 1 aliphatic carbocycles. The maximum atomic E-state index is 12.2. The Labute approximate surface area is 132 Å². The molecule has 0 aromatic carbocycles. The van der Waals surface area contributed by atoms with Crippen LogP contribution in [-0.2, 0) is 11.2 Å². The average molecular weight is 313 g/mol. The molecule has 0 bridgehead atoms. The molecule has 1 saturated carbocycles. The van der Waals surface area contributed by atoms with Crippen molar-refractivity contribution in [3.05, 3.63) is 17.5 Å². The van der Waals surface area contributed by atoms with Crippen LogP contribution in [0.4, 0.5) is 0 Å². The van der Waals surface area contributed by atoms with Crippen molar-refractivity contribution >= 4 is 18.3 Å². The highest BCUT2D eigenvalue weighted by Crippen LogP contribution is 2.28. The van der Waals surface area contributed by atoms with Crippen LogP contribution >= 0.6 is 12.4 Å². The second kappa shape index (κ2) is 7.27. The number of nitrogens with zero attached hydrogens (tertiary/aromatic N) is 2. The third kappa shape index (κ3) is 4.71. The summed E-state index contributed by atoms with van der Waals surface area (Å²) in [6, 6.07) is 2.55. The second-order valence-electron chi connectivity index (χ2n) is 6.23. The van der Waals surface area contributed by atoms with Crippen LogP contribution in [0.2, 0.25) is 0 Å². The van der Waals surface area contributed by atoms with E-state index in [2.05, 4.69) is 15.5 Å². The molecule has 1 aromatic rings. The highest BCUT2D eigenvalue weighted by molar-refractivity contribution is 5.85. The number of carbonyl (C=O) groups excluding carboxylic acids is 1. The summed E-state index contributed by atoms with van der Waals surface area (Å²) in [5.41, 5.74) is 1.86. The Balaban J connectivity index is 0.00000161. The van der Waals surface area contributed by atoms with Gasteiger partial charge in [0.1, 0.15) is 0 Å². The number of piperidine rings is 1. The number of aromatic nitrogens is 2. The van der Waals surface area contributed by atoms with Crippen molar-refractivity contribution < 1.29 is 4.79 Å². The minimum absolute atomic E-state index is 0. The first kappa shape index (κ1) is 16.3. The number of nitrogens with one attached hydrogen (secondary N) is 2. The molecule has 2 fully saturated rings. The van der Waals surface area contributed by atoms with Gasteiger partial charge < -0.3 is 10.2 Å². The first-order chi connectivity index (χ1) is 9.70. The lowest BCUT2D eigenvalue weighted by molar-refractivity contribution is -0.131. The normalized spacial score (nSPS) is 19.4. The molecule has 21 heavy (non-hydrogen) atoms. The van der Waals surface area contributed by atoms with Gasteiger partial charge in [0.05, 0.1) is 12.1 Å². The largest absolute Gasteiger partial charge is 0.342 e. The Morgan fingerprint density at radius 3 is 2.67 bits per heavy atom. The molecule has 0 atom stereocenters. The zero-order chi connectivity index (χ0) is 13.9. The highest BCUT2D eigenvalue weighted by atomic mass is 35.5. The summed E-state index contributed by atoms with van der Waals surface area (Å²) in [5.74, 6) is 1.13. The van der Waals surface area contributed by atoms with Crippen LogP contribution in [0.5, 0.6) is 0 Å². The van der Waals surface area contributed by atoms with E-state index in [-0.39, 0.29) is 18.3 Å². The Kier molecular flexibility index (Phi) is 5.65. The topological polar surface area (TPSA) is 61.0 Å². The first-order valence-electron chi connectivity index (χ1n) is 7.73. The van der Waals surface area contributed by atoms with Crippen LogP contribution in [0.25, 0.3) is 0 Å². The van der Waals surface area contributed by atoms with Gasteiger partial charge in [0.25, 0.3) is 0 Å². The predicted octanol–water partition coefficient (Wildman–Crippen LogP) is 1.67. The van der Waals surface area contributed by atoms with Crippen molar-refractivity contribution in [1.29, 1.82) is 0 Å². The Hall–Kier alpha value is -1.07. The average Bonchev–Trinajstić information content (AvgIpc) is 3.20. The molecule has 5 nitrogen and oxygen atoms in total. The van der Waals surface area contributed by atoms with E-state index in [1.165, 1.54) is 19.4 Å². The van der Waals surface area contributed by atoms with Crippen molar-refractivity contribution in [3.63, 3.8) is 0 Å². The Morgan fingerprint density at radius 1 is 1.38 bits per heavy atom. The van der Waals surface area contributed by atoms with Gasteiger partial charge in [-0.2, -0.15) is 5.10 Å². The van der Waals surface area contributed by atoms with Gasteiger partial charge >= 0.3 is 0 Å². The van der Waals surface area contributed by atoms with E-state index in [1.54, 1.807) is 0 Å². The summed E-state index contributed by atoms with van der Waals surface area (Å²) in [6.45, 7) is 4.89. The number of carbonyl (C=O) groups is 1. The zero-order valence-electron chi connectivity index (χ0n) is 12.6. The van der Waals surface area contributed by atoms with E-state index in [0.29, 0.717) is 12.5 Å². The summed E-state index contributed by atoms with van der Waals surface area (Å²) < 4.78 is 0. The third-order valence-corrected chi connectivity index (χ3v) is 4.33. The van der Waals surface area contributed by atoms with Crippen molar-refractivity contribution in [1.82, 2.24) is 20.4 Å². The minimum Gasteiger partial charge on any atom is -0.342 e. The molecule has 2 aliphatic rings. The number of H-pyrrole nitrogens is 1. The van der Waals surface area contributed by atoms with E-state index in [1.807, 2.05) is 17.9 Å². The highest BCUT2D eigenvalue weighted by Gasteiger charge is 2.26. The monoisotopic (exact) mass is 312 g/mol. The van der Waals surface area contributed by atoms with Gasteiger partial charge in [-0.3, -0.25) is 9.89 Å². The summed E-state index contributed by atoms with van der Waals surface area (Å²) in [4.78, 5) is 14.2. The van der Waals surface area contributed by atoms with Gasteiger partial charge in [-0.15, -0.1) is 12.4 Å². The molecule has 0 radical (unpaired) electrons. The summed E-state index contributed by atoms with van der Waals surface area (Å²) in [5, 5.41) is 10.7. The molecule has 2 heterocycles.